The molecule has 0 radical (unpaired) electrons. The molecule has 0 aliphatic carbocycles. The van der Waals surface area contributed by atoms with Gasteiger partial charge >= 0.3 is 0 Å². The average molecular weight is 306 g/mol. The summed E-state index contributed by atoms with van der Waals surface area (Å²) in [6.45, 7) is 1.88. The Bertz CT molecular complexity index is 729. The number of hydrogen-bond acceptors (Lipinski definition) is 4. The van der Waals surface area contributed by atoms with E-state index in [2.05, 4.69) is 4.98 Å². The van der Waals surface area contributed by atoms with E-state index in [1.54, 1.807) is 18.2 Å². The standard InChI is InChI=1S/C15H18N2O3S/c1-12-5-3-7-14(16-12)10-17(2)21(19,20)15-8-4-6-13(9-15)11-18/h3-9,18H,10-11H2,1-2H3. The van der Waals surface area contributed by atoms with Crippen molar-refractivity contribution in [3.63, 3.8) is 0 Å². The van der Waals surface area contributed by atoms with E-state index in [0.29, 0.717) is 11.3 Å². The molecule has 0 amide bonds. The number of aromatic nitrogens is 1. The van der Waals surface area contributed by atoms with Crippen LogP contribution in [-0.2, 0) is 23.2 Å². The van der Waals surface area contributed by atoms with Gasteiger partial charge in [0.25, 0.3) is 0 Å². The number of aryl methyl sites for hydroxylation is 1. The average Bonchev–Trinajstić information content (AvgIpc) is 2.47. The van der Waals surface area contributed by atoms with Crippen molar-refractivity contribution in [2.75, 3.05) is 7.05 Å². The minimum absolute atomic E-state index is 0.171. The molecule has 0 saturated heterocycles. The molecule has 0 unspecified atom stereocenters. The van der Waals surface area contributed by atoms with Gasteiger partial charge in [-0.2, -0.15) is 4.31 Å². The second kappa shape index (κ2) is 6.34. The number of hydrogen-bond donors (Lipinski definition) is 1. The topological polar surface area (TPSA) is 70.5 Å². The quantitative estimate of drug-likeness (QED) is 0.913. The first-order valence-electron chi connectivity index (χ1n) is 6.52. The normalized spacial score (nSPS) is 11.8. The lowest BCUT2D eigenvalue weighted by atomic mass is 10.2. The van der Waals surface area contributed by atoms with Gasteiger partial charge in [0.1, 0.15) is 0 Å². The Morgan fingerprint density at radius 1 is 1.19 bits per heavy atom. The Kier molecular flexibility index (Phi) is 4.72. The molecule has 0 aliphatic heterocycles. The highest BCUT2D eigenvalue weighted by Gasteiger charge is 2.21. The van der Waals surface area contributed by atoms with Crippen LogP contribution in [0.4, 0.5) is 0 Å². The number of sulfonamides is 1. The third-order valence-electron chi connectivity index (χ3n) is 3.12. The molecule has 0 spiro atoms. The lowest BCUT2D eigenvalue weighted by Gasteiger charge is -2.17. The van der Waals surface area contributed by atoms with Crippen LogP contribution < -0.4 is 0 Å². The highest BCUT2D eigenvalue weighted by atomic mass is 32.2. The van der Waals surface area contributed by atoms with Crippen LogP contribution in [-0.4, -0.2) is 29.9 Å². The van der Waals surface area contributed by atoms with Crippen molar-refractivity contribution in [3.8, 4) is 0 Å². The summed E-state index contributed by atoms with van der Waals surface area (Å²) in [5.41, 5.74) is 2.11. The summed E-state index contributed by atoms with van der Waals surface area (Å²) in [5, 5.41) is 9.11. The van der Waals surface area contributed by atoms with E-state index >= 15 is 0 Å². The van der Waals surface area contributed by atoms with Crippen LogP contribution in [0.1, 0.15) is 17.0 Å². The van der Waals surface area contributed by atoms with E-state index in [-0.39, 0.29) is 18.0 Å². The maximum Gasteiger partial charge on any atom is 0.243 e. The second-order valence-electron chi connectivity index (χ2n) is 4.84. The van der Waals surface area contributed by atoms with E-state index < -0.39 is 10.0 Å². The van der Waals surface area contributed by atoms with Crippen LogP contribution in [0, 0.1) is 6.92 Å². The summed E-state index contributed by atoms with van der Waals surface area (Å²) < 4.78 is 26.3. The fraction of sp³-hybridized carbons (Fsp3) is 0.267. The number of aliphatic hydroxyl groups excluding tert-OH is 1. The largest absolute Gasteiger partial charge is 0.392 e. The Hall–Kier alpha value is -1.76. The van der Waals surface area contributed by atoms with Gasteiger partial charge in [-0.3, -0.25) is 4.98 Å². The molecule has 1 aromatic heterocycles. The van der Waals surface area contributed by atoms with Crippen LogP contribution in [0.25, 0.3) is 0 Å². The summed E-state index contributed by atoms with van der Waals surface area (Å²) in [6, 6.07) is 11.8. The molecule has 0 atom stereocenters. The van der Waals surface area contributed by atoms with Crippen LogP contribution in [0.5, 0.6) is 0 Å². The van der Waals surface area contributed by atoms with E-state index in [1.165, 1.54) is 23.5 Å². The van der Waals surface area contributed by atoms with E-state index in [1.807, 2.05) is 19.1 Å². The summed E-state index contributed by atoms with van der Waals surface area (Å²) in [4.78, 5) is 4.48. The van der Waals surface area contributed by atoms with Crippen molar-refractivity contribution in [2.45, 2.75) is 25.0 Å². The van der Waals surface area contributed by atoms with E-state index in [4.69, 9.17) is 5.11 Å². The van der Waals surface area contributed by atoms with E-state index in [9.17, 15) is 8.42 Å². The highest BCUT2D eigenvalue weighted by Crippen LogP contribution is 2.17. The molecule has 1 heterocycles. The van der Waals surface area contributed by atoms with E-state index in [0.717, 1.165) is 5.69 Å². The molecule has 0 aliphatic rings. The minimum atomic E-state index is -3.60. The molecule has 0 bridgehead atoms. The first-order valence-corrected chi connectivity index (χ1v) is 7.96. The van der Waals surface area contributed by atoms with Gasteiger partial charge in [0, 0.05) is 12.7 Å². The minimum Gasteiger partial charge on any atom is -0.392 e. The Balaban J connectivity index is 2.26. The van der Waals surface area contributed by atoms with Gasteiger partial charge in [0.15, 0.2) is 0 Å². The molecule has 0 saturated carbocycles. The number of nitrogens with zero attached hydrogens (tertiary/aromatic N) is 2. The van der Waals surface area contributed by atoms with Crippen molar-refractivity contribution in [1.82, 2.24) is 9.29 Å². The van der Waals surface area contributed by atoms with Gasteiger partial charge in [-0.1, -0.05) is 18.2 Å². The highest BCUT2D eigenvalue weighted by molar-refractivity contribution is 7.89. The number of aliphatic hydroxyl groups is 1. The van der Waals surface area contributed by atoms with Crippen LogP contribution in [0.2, 0.25) is 0 Å². The Morgan fingerprint density at radius 3 is 2.57 bits per heavy atom. The number of pyridine rings is 1. The fourth-order valence-electron chi connectivity index (χ4n) is 1.98. The third kappa shape index (κ3) is 3.66. The molecule has 2 rings (SSSR count). The van der Waals surface area contributed by atoms with Crippen LogP contribution in [0.15, 0.2) is 47.4 Å². The van der Waals surface area contributed by atoms with Crippen molar-refractivity contribution >= 4 is 10.0 Å². The lowest BCUT2D eigenvalue weighted by Crippen LogP contribution is -2.27. The second-order valence-corrected chi connectivity index (χ2v) is 6.88. The SMILES string of the molecule is Cc1cccc(CN(C)S(=O)(=O)c2cccc(CO)c2)n1. The zero-order valence-corrected chi connectivity index (χ0v) is 12.8. The Morgan fingerprint density at radius 2 is 1.90 bits per heavy atom. The van der Waals surface area contributed by atoms with Gasteiger partial charge < -0.3 is 5.11 Å². The molecule has 0 fully saturated rings. The maximum absolute atomic E-state index is 12.5. The summed E-state index contributed by atoms with van der Waals surface area (Å²) in [5.74, 6) is 0. The number of benzene rings is 1. The first kappa shape index (κ1) is 15.6. The summed E-state index contributed by atoms with van der Waals surface area (Å²) >= 11 is 0. The molecule has 1 N–H and O–H groups in total. The van der Waals surface area contributed by atoms with Crippen LogP contribution >= 0.6 is 0 Å². The molecule has 1 aromatic carbocycles. The lowest BCUT2D eigenvalue weighted by molar-refractivity contribution is 0.281. The van der Waals surface area contributed by atoms with Gasteiger partial charge in [-0.05, 0) is 36.8 Å². The van der Waals surface area contributed by atoms with Gasteiger partial charge in [0.05, 0.1) is 23.7 Å². The van der Waals surface area contributed by atoms with Gasteiger partial charge in [-0.15, -0.1) is 0 Å². The molecule has 112 valence electrons. The van der Waals surface area contributed by atoms with Gasteiger partial charge in [-0.25, -0.2) is 8.42 Å². The van der Waals surface area contributed by atoms with Crippen LogP contribution in [0.3, 0.4) is 0 Å². The Labute approximate surface area is 124 Å². The maximum atomic E-state index is 12.5. The molecular formula is C15H18N2O3S. The van der Waals surface area contributed by atoms with Gasteiger partial charge in [0.2, 0.25) is 10.0 Å². The number of rotatable bonds is 5. The predicted octanol–water partition coefficient (Wildman–Crippen LogP) is 1.70. The predicted molar refractivity (Wildman–Crippen MR) is 80.0 cm³/mol. The zero-order chi connectivity index (χ0) is 15.5. The summed E-state index contributed by atoms with van der Waals surface area (Å²) in [7, 11) is -2.08. The zero-order valence-electron chi connectivity index (χ0n) is 12.0. The first-order chi connectivity index (χ1) is 9.93. The third-order valence-corrected chi connectivity index (χ3v) is 4.92. The van der Waals surface area contributed by atoms with Crippen molar-refractivity contribution in [1.29, 1.82) is 0 Å². The monoisotopic (exact) mass is 306 g/mol. The van der Waals surface area contributed by atoms with Crippen molar-refractivity contribution < 1.29 is 13.5 Å². The smallest absolute Gasteiger partial charge is 0.243 e. The summed E-state index contributed by atoms with van der Waals surface area (Å²) in [6.07, 6.45) is 0. The fourth-order valence-corrected chi connectivity index (χ4v) is 3.20. The molecule has 5 nitrogen and oxygen atoms in total. The molecule has 2 aromatic rings. The molecule has 6 heteroatoms. The van der Waals surface area contributed by atoms with Crippen molar-refractivity contribution in [3.05, 3.63) is 59.4 Å². The molecule has 21 heavy (non-hydrogen) atoms. The molecular weight excluding hydrogens is 288 g/mol. The van der Waals surface area contributed by atoms with Crippen molar-refractivity contribution in [2.24, 2.45) is 0 Å².